The number of thiol groups is 1. The van der Waals surface area contributed by atoms with Gasteiger partial charge in [-0.3, -0.25) is 0 Å². The number of aryl methyl sites for hydroxylation is 1. The first-order valence-corrected chi connectivity index (χ1v) is 8.76. The Morgan fingerprint density at radius 3 is 2.00 bits per heavy atom. The van der Waals surface area contributed by atoms with E-state index in [9.17, 15) is 0 Å². The predicted octanol–water partition coefficient (Wildman–Crippen LogP) is 6.02. The maximum absolute atomic E-state index is 5.81. The molecule has 0 amide bonds. The van der Waals surface area contributed by atoms with Crippen LogP contribution in [0.4, 0.5) is 5.69 Å². The van der Waals surface area contributed by atoms with E-state index >= 15 is 0 Å². The molecule has 1 aromatic carbocycles. The molecule has 0 bridgehead atoms. The van der Waals surface area contributed by atoms with Crippen LogP contribution in [0.3, 0.4) is 0 Å². The quantitative estimate of drug-likeness (QED) is 0.291. The van der Waals surface area contributed by atoms with Crippen molar-refractivity contribution in [3.8, 4) is 0 Å². The van der Waals surface area contributed by atoms with Crippen molar-refractivity contribution in [1.29, 1.82) is 0 Å². The molecule has 114 valence electrons. The lowest BCUT2D eigenvalue weighted by molar-refractivity contribution is 0.556. The average molecular weight is 294 g/mol. The SMILES string of the molecule is CCCCCCCCCCCCc1cc(N)ccc1S. The summed E-state index contributed by atoms with van der Waals surface area (Å²) in [4.78, 5) is 1.08. The minimum absolute atomic E-state index is 0.852. The fraction of sp³-hybridized carbons (Fsp3) is 0.667. The summed E-state index contributed by atoms with van der Waals surface area (Å²) in [6.45, 7) is 2.27. The summed E-state index contributed by atoms with van der Waals surface area (Å²) < 4.78 is 0. The second kappa shape index (κ2) is 11.1. The molecule has 0 saturated heterocycles. The summed E-state index contributed by atoms with van der Waals surface area (Å²) in [5.41, 5.74) is 7.96. The highest BCUT2D eigenvalue weighted by atomic mass is 32.1. The fourth-order valence-corrected chi connectivity index (χ4v) is 2.86. The minimum atomic E-state index is 0.852. The average Bonchev–Trinajstić information content (AvgIpc) is 2.44. The van der Waals surface area contributed by atoms with Crippen LogP contribution < -0.4 is 5.73 Å². The fourth-order valence-electron chi connectivity index (χ4n) is 2.61. The second-order valence-corrected chi connectivity index (χ2v) is 6.30. The molecule has 0 radical (unpaired) electrons. The van der Waals surface area contributed by atoms with Gasteiger partial charge >= 0.3 is 0 Å². The van der Waals surface area contributed by atoms with Gasteiger partial charge in [0.2, 0.25) is 0 Å². The summed E-state index contributed by atoms with van der Waals surface area (Å²) in [6.07, 6.45) is 14.9. The van der Waals surface area contributed by atoms with Gasteiger partial charge in [0.15, 0.2) is 0 Å². The zero-order valence-corrected chi connectivity index (χ0v) is 13.9. The van der Waals surface area contributed by atoms with Crippen LogP contribution in [0.15, 0.2) is 23.1 Å². The Balaban J connectivity index is 1.98. The van der Waals surface area contributed by atoms with Gasteiger partial charge in [0.05, 0.1) is 0 Å². The topological polar surface area (TPSA) is 26.0 Å². The zero-order chi connectivity index (χ0) is 14.6. The van der Waals surface area contributed by atoms with Crippen molar-refractivity contribution in [3.05, 3.63) is 23.8 Å². The highest BCUT2D eigenvalue weighted by Crippen LogP contribution is 2.20. The third-order valence-electron chi connectivity index (χ3n) is 3.90. The van der Waals surface area contributed by atoms with E-state index in [1.54, 1.807) is 0 Å². The lowest BCUT2D eigenvalue weighted by Gasteiger charge is -2.06. The van der Waals surface area contributed by atoms with E-state index < -0.39 is 0 Å². The highest BCUT2D eigenvalue weighted by Gasteiger charge is 2.00. The molecule has 0 spiro atoms. The van der Waals surface area contributed by atoms with Crippen LogP contribution in [0, 0.1) is 0 Å². The van der Waals surface area contributed by atoms with E-state index in [0.29, 0.717) is 0 Å². The van der Waals surface area contributed by atoms with E-state index in [1.165, 1.54) is 69.8 Å². The van der Waals surface area contributed by atoms with E-state index in [0.717, 1.165) is 17.0 Å². The number of nitrogens with two attached hydrogens (primary N) is 1. The van der Waals surface area contributed by atoms with Crippen molar-refractivity contribution >= 4 is 18.3 Å². The van der Waals surface area contributed by atoms with Crippen molar-refractivity contribution in [3.63, 3.8) is 0 Å². The number of nitrogen functional groups attached to an aromatic ring is 1. The molecule has 1 aromatic rings. The molecule has 0 fully saturated rings. The van der Waals surface area contributed by atoms with Crippen molar-refractivity contribution < 1.29 is 0 Å². The van der Waals surface area contributed by atoms with Gasteiger partial charge in [0, 0.05) is 10.6 Å². The first-order valence-electron chi connectivity index (χ1n) is 8.31. The molecule has 0 atom stereocenters. The number of benzene rings is 1. The molecule has 0 heterocycles. The monoisotopic (exact) mass is 293 g/mol. The van der Waals surface area contributed by atoms with E-state index in [1.807, 2.05) is 12.1 Å². The van der Waals surface area contributed by atoms with Crippen LogP contribution in [0.25, 0.3) is 0 Å². The molecular weight excluding hydrogens is 262 g/mol. The third kappa shape index (κ3) is 7.84. The Morgan fingerprint density at radius 1 is 0.850 bits per heavy atom. The number of hydrogen-bond donors (Lipinski definition) is 2. The molecule has 1 rings (SSSR count). The molecule has 0 aliphatic rings. The summed E-state index contributed by atoms with van der Waals surface area (Å²) >= 11 is 4.49. The van der Waals surface area contributed by atoms with E-state index in [4.69, 9.17) is 5.73 Å². The Kier molecular flexibility index (Phi) is 9.65. The van der Waals surface area contributed by atoms with Crippen LogP contribution in [0.2, 0.25) is 0 Å². The van der Waals surface area contributed by atoms with Gasteiger partial charge in [-0.25, -0.2) is 0 Å². The summed E-state index contributed by atoms with van der Waals surface area (Å²) in [5.74, 6) is 0. The molecule has 2 N–H and O–H groups in total. The Bertz CT molecular complexity index is 362. The maximum Gasteiger partial charge on any atom is 0.0317 e. The van der Waals surface area contributed by atoms with Crippen LogP contribution in [-0.4, -0.2) is 0 Å². The first kappa shape index (κ1) is 17.4. The van der Waals surface area contributed by atoms with Crippen molar-refractivity contribution in [2.75, 3.05) is 5.73 Å². The van der Waals surface area contributed by atoms with Gasteiger partial charge in [0.1, 0.15) is 0 Å². The molecule has 2 heteroatoms. The molecule has 0 unspecified atom stereocenters. The first-order chi connectivity index (χ1) is 9.74. The molecular formula is C18H31NS. The normalized spacial score (nSPS) is 10.9. The van der Waals surface area contributed by atoms with Gasteiger partial charge in [-0.15, -0.1) is 12.6 Å². The molecule has 1 nitrogen and oxygen atoms in total. The maximum atomic E-state index is 5.81. The lowest BCUT2D eigenvalue weighted by atomic mass is 10.0. The Hall–Kier alpha value is -0.630. The summed E-state index contributed by atoms with van der Waals surface area (Å²) in [5, 5.41) is 0. The molecule has 0 aromatic heterocycles. The Morgan fingerprint density at radius 2 is 1.40 bits per heavy atom. The third-order valence-corrected chi connectivity index (χ3v) is 4.34. The van der Waals surface area contributed by atoms with E-state index in [2.05, 4.69) is 25.6 Å². The van der Waals surface area contributed by atoms with Crippen molar-refractivity contribution in [2.45, 2.75) is 82.4 Å². The standard InChI is InChI=1S/C18H31NS/c1-2-3-4-5-6-7-8-9-10-11-12-16-15-17(19)13-14-18(16)20/h13-15,20H,2-12,19H2,1H3. The number of hydrogen-bond acceptors (Lipinski definition) is 2. The predicted molar refractivity (Wildman–Crippen MR) is 93.7 cm³/mol. The van der Waals surface area contributed by atoms with Crippen molar-refractivity contribution in [1.82, 2.24) is 0 Å². The molecule has 20 heavy (non-hydrogen) atoms. The zero-order valence-electron chi connectivity index (χ0n) is 13.0. The van der Waals surface area contributed by atoms with Crippen LogP contribution in [0.1, 0.15) is 76.7 Å². The van der Waals surface area contributed by atoms with Crippen LogP contribution in [0.5, 0.6) is 0 Å². The van der Waals surface area contributed by atoms with Crippen LogP contribution in [-0.2, 0) is 6.42 Å². The van der Waals surface area contributed by atoms with Gasteiger partial charge in [-0.1, -0.05) is 64.7 Å². The Labute approximate surface area is 130 Å². The smallest absolute Gasteiger partial charge is 0.0317 e. The number of rotatable bonds is 11. The van der Waals surface area contributed by atoms with Gasteiger partial charge in [0.25, 0.3) is 0 Å². The molecule has 0 saturated carbocycles. The largest absolute Gasteiger partial charge is 0.399 e. The molecule has 0 aliphatic carbocycles. The summed E-state index contributed by atoms with van der Waals surface area (Å²) in [7, 11) is 0. The minimum Gasteiger partial charge on any atom is -0.399 e. The van der Waals surface area contributed by atoms with Crippen LogP contribution >= 0.6 is 12.6 Å². The number of anilines is 1. The van der Waals surface area contributed by atoms with Gasteiger partial charge < -0.3 is 5.73 Å². The summed E-state index contributed by atoms with van der Waals surface area (Å²) in [6, 6.07) is 5.99. The van der Waals surface area contributed by atoms with Crippen molar-refractivity contribution in [2.24, 2.45) is 0 Å². The van der Waals surface area contributed by atoms with E-state index in [-0.39, 0.29) is 0 Å². The second-order valence-electron chi connectivity index (χ2n) is 5.82. The molecule has 0 aliphatic heterocycles. The lowest BCUT2D eigenvalue weighted by Crippen LogP contribution is -1.92. The number of unbranched alkanes of at least 4 members (excludes halogenated alkanes) is 9. The van der Waals surface area contributed by atoms with Gasteiger partial charge in [-0.2, -0.15) is 0 Å². The highest BCUT2D eigenvalue weighted by molar-refractivity contribution is 7.80. The van der Waals surface area contributed by atoms with Gasteiger partial charge in [-0.05, 0) is 36.6 Å².